The molecule has 0 spiro atoms. The fourth-order valence-electron chi connectivity index (χ4n) is 1.81. The zero-order chi connectivity index (χ0) is 15.8. The summed E-state index contributed by atoms with van der Waals surface area (Å²) in [5.41, 5.74) is 1.01. The van der Waals surface area contributed by atoms with E-state index in [0.29, 0.717) is 0 Å². The highest BCUT2D eigenvalue weighted by atomic mass is 16.5. The van der Waals surface area contributed by atoms with Crippen LogP contribution < -0.4 is 0 Å². The summed E-state index contributed by atoms with van der Waals surface area (Å²) < 4.78 is 9.80. The number of carbonyl (C=O) groups is 2. The van der Waals surface area contributed by atoms with E-state index in [9.17, 15) is 14.7 Å². The van der Waals surface area contributed by atoms with E-state index >= 15 is 0 Å². The van der Waals surface area contributed by atoms with Gasteiger partial charge < -0.3 is 19.5 Å². The standard InChI is InChI=1S/C15H21NO5/c1-4-21-14(18)10-16(7-8-20-3)15(19)12-9-11(2)5-6-13(12)17/h5-6,9,17H,4,7-8,10H2,1-3H3. The van der Waals surface area contributed by atoms with Crippen molar-refractivity contribution in [1.29, 1.82) is 0 Å². The first kappa shape index (κ1) is 17.0. The molecule has 0 bridgehead atoms. The molecular formula is C15H21NO5. The number of phenols is 1. The Morgan fingerprint density at radius 3 is 2.67 bits per heavy atom. The summed E-state index contributed by atoms with van der Waals surface area (Å²) in [6.45, 7) is 4.12. The normalized spacial score (nSPS) is 10.2. The van der Waals surface area contributed by atoms with Crippen molar-refractivity contribution in [2.75, 3.05) is 33.4 Å². The van der Waals surface area contributed by atoms with Gasteiger partial charge in [0, 0.05) is 13.7 Å². The number of rotatable bonds is 7. The lowest BCUT2D eigenvalue weighted by Gasteiger charge is -2.22. The summed E-state index contributed by atoms with van der Waals surface area (Å²) in [6.07, 6.45) is 0. The molecule has 1 aromatic carbocycles. The lowest BCUT2D eigenvalue weighted by molar-refractivity contribution is -0.143. The highest BCUT2D eigenvalue weighted by Gasteiger charge is 2.21. The van der Waals surface area contributed by atoms with Crippen molar-refractivity contribution in [3.8, 4) is 5.75 Å². The van der Waals surface area contributed by atoms with Gasteiger partial charge in [-0.1, -0.05) is 11.6 Å². The van der Waals surface area contributed by atoms with Crippen LogP contribution in [0.1, 0.15) is 22.8 Å². The van der Waals surface area contributed by atoms with Gasteiger partial charge in [-0.3, -0.25) is 9.59 Å². The van der Waals surface area contributed by atoms with Crippen LogP contribution in [0.25, 0.3) is 0 Å². The van der Waals surface area contributed by atoms with Gasteiger partial charge in [0.15, 0.2) is 0 Å². The number of aromatic hydroxyl groups is 1. The Hall–Kier alpha value is -2.08. The van der Waals surface area contributed by atoms with E-state index in [1.807, 2.05) is 6.92 Å². The predicted octanol–water partition coefficient (Wildman–Crippen LogP) is 1.35. The predicted molar refractivity (Wildman–Crippen MR) is 77.3 cm³/mol. The monoisotopic (exact) mass is 295 g/mol. The van der Waals surface area contributed by atoms with Gasteiger partial charge >= 0.3 is 5.97 Å². The Morgan fingerprint density at radius 2 is 2.05 bits per heavy atom. The molecule has 0 saturated heterocycles. The quantitative estimate of drug-likeness (QED) is 0.768. The summed E-state index contributed by atoms with van der Waals surface area (Å²) in [7, 11) is 1.51. The summed E-state index contributed by atoms with van der Waals surface area (Å²) in [5.74, 6) is -1.03. The van der Waals surface area contributed by atoms with Crippen LogP contribution in [-0.4, -0.2) is 55.3 Å². The first-order chi connectivity index (χ1) is 9.99. The second-order valence-corrected chi connectivity index (χ2v) is 4.55. The van der Waals surface area contributed by atoms with E-state index in [1.165, 1.54) is 18.1 Å². The Bertz CT molecular complexity index is 501. The van der Waals surface area contributed by atoms with Crippen molar-refractivity contribution in [3.05, 3.63) is 29.3 Å². The number of amides is 1. The first-order valence-electron chi connectivity index (χ1n) is 6.73. The number of hydrogen-bond donors (Lipinski definition) is 1. The van der Waals surface area contributed by atoms with Crippen molar-refractivity contribution < 1.29 is 24.2 Å². The number of esters is 1. The molecule has 0 aromatic heterocycles. The first-order valence-corrected chi connectivity index (χ1v) is 6.73. The number of carbonyl (C=O) groups excluding carboxylic acids is 2. The van der Waals surface area contributed by atoms with Crippen LogP contribution >= 0.6 is 0 Å². The number of aryl methyl sites for hydroxylation is 1. The van der Waals surface area contributed by atoms with Gasteiger partial charge in [-0.05, 0) is 26.0 Å². The molecule has 0 aliphatic carbocycles. The highest BCUT2D eigenvalue weighted by Crippen LogP contribution is 2.20. The molecule has 116 valence electrons. The molecule has 21 heavy (non-hydrogen) atoms. The summed E-state index contributed by atoms with van der Waals surface area (Å²) in [4.78, 5) is 25.4. The van der Waals surface area contributed by atoms with Crippen LogP contribution in [0.5, 0.6) is 5.75 Å². The van der Waals surface area contributed by atoms with Crippen molar-refractivity contribution in [3.63, 3.8) is 0 Å². The van der Waals surface area contributed by atoms with Crippen molar-refractivity contribution in [2.45, 2.75) is 13.8 Å². The molecule has 0 heterocycles. The molecule has 6 nitrogen and oxygen atoms in total. The second-order valence-electron chi connectivity index (χ2n) is 4.55. The number of benzene rings is 1. The molecular weight excluding hydrogens is 274 g/mol. The van der Waals surface area contributed by atoms with E-state index < -0.39 is 11.9 Å². The summed E-state index contributed by atoms with van der Waals surface area (Å²) in [5, 5.41) is 9.82. The van der Waals surface area contributed by atoms with Crippen molar-refractivity contribution >= 4 is 11.9 Å². The fraction of sp³-hybridized carbons (Fsp3) is 0.467. The fourth-order valence-corrected chi connectivity index (χ4v) is 1.81. The minimum Gasteiger partial charge on any atom is -0.507 e. The molecule has 0 saturated carbocycles. The Labute approximate surface area is 124 Å². The number of phenolic OH excluding ortho intramolecular Hbond substituents is 1. The zero-order valence-corrected chi connectivity index (χ0v) is 12.6. The third kappa shape index (κ3) is 5.07. The average molecular weight is 295 g/mol. The maximum atomic E-state index is 12.5. The number of hydrogen-bond acceptors (Lipinski definition) is 5. The molecule has 0 aliphatic heterocycles. The smallest absolute Gasteiger partial charge is 0.325 e. The Kier molecular flexibility index (Phi) is 6.68. The molecule has 0 unspecified atom stereocenters. The SMILES string of the molecule is CCOC(=O)CN(CCOC)C(=O)c1cc(C)ccc1O. The molecule has 1 aromatic rings. The van der Waals surface area contributed by atoms with Crippen LogP contribution in [0, 0.1) is 6.92 Å². The van der Waals surface area contributed by atoms with Crippen molar-refractivity contribution in [2.24, 2.45) is 0 Å². The second kappa shape index (κ2) is 8.26. The highest BCUT2D eigenvalue weighted by molar-refractivity contribution is 5.98. The van der Waals surface area contributed by atoms with Gasteiger partial charge in [0.2, 0.25) is 0 Å². The number of ether oxygens (including phenoxy) is 2. The van der Waals surface area contributed by atoms with Gasteiger partial charge in [-0.25, -0.2) is 0 Å². The van der Waals surface area contributed by atoms with E-state index in [4.69, 9.17) is 9.47 Å². The molecule has 0 atom stereocenters. The van der Waals surface area contributed by atoms with Crippen LogP contribution in [0.3, 0.4) is 0 Å². The summed E-state index contributed by atoms with van der Waals surface area (Å²) in [6, 6.07) is 4.75. The molecule has 0 radical (unpaired) electrons. The minimum atomic E-state index is -0.492. The maximum Gasteiger partial charge on any atom is 0.325 e. The van der Waals surface area contributed by atoms with Crippen LogP contribution in [-0.2, 0) is 14.3 Å². The third-order valence-corrected chi connectivity index (χ3v) is 2.86. The molecule has 1 amide bonds. The van der Waals surface area contributed by atoms with E-state index in [1.54, 1.807) is 19.1 Å². The molecule has 0 aliphatic rings. The Morgan fingerprint density at radius 1 is 1.33 bits per heavy atom. The average Bonchev–Trinajstić information content (AvgIpc) is 2.45. The van der Waals surface area contributed by atoms with Gasteiger partial charge in [-0.15, -0.1) is 0 Å². The van der Waals surface area contributed by atoms with Gasteiger partial charge in [0.1, 0.15) is 12.3 Å². The Balaban J connectivity index is 2.92. The van der Waals surface area contributed by atoms with E-state index in [-0.39, 0.29) is 37.6 Å². The van der Waals surface area contributed by atoms with Crippen molar-refractivity contribution in [1.82, 2.24) is 4.90 Å². The van der Waals surface area contributed by atoms with Gasteiger partial charge in [-0.2, -0.15) is 0 Å². The zero-order valence-electron chi connectivity index (χ0n) is 12.6. The molecule has 0 fully saturated rings. The van der Waals surface area contributed by atoms with Gasteiger partial charge in [0.25, 0.3) is 5.91 Å². The topological polar surface area (TPSA) is 76.1 Å². The molecule has 1 N–H and O–H groups in total. The van der Waals surface area contributed by atoms with E-state index in [2.05, 4.69) is 0 Å². The molecule has 6 heteroatoms. The molecule has 1 rings (SSSR count). The van der Waals surface area contributed by atoms with Crippen LogP contribution in [0.15, 0.2) is 18.2 Å². The van der Waals surface area contributed by atoms with Crippen LogP contribution in [0.2, 0.25) is 0 Å². The maximum absolute atomic E-state index is 12.5. The number of nitrogens with zero attached hydrogens (tertiary/aromatic N) is 1. The summed E-state index contributed by atoms with van der Waals surface area (Å²) >= 11 is 0. The van der Waals surface area contributed by atoms with Gasteiger partial charge in [0.05, 0.1) is 18.8 Å². The lowest BCUT2D eigenvalue weighted by atomic mass is 10.1. The number of methoxy groups -OCH3 is 1. The minimum absolute atomic E-state index is 0.114. The third-order valence-electron chi connectivity index (χ3n) is 2.86. The lowest BCUT2D eigenvalue weighted by Crippen LogP contribution is -2.38. The van der Waals surface area contributed by atoms with E-state index in [0.717, 1.165) is 5.56 Å². The largest absolute Gasteiger partial charge is 0.507 e. The van der Waals surface area contributed by atoms with Crippen LogP contribution in [0.4, 0.5) is 0 Å².